The van der Waals surface area contributed by atoms with Crippen LogP contribution in [0.3, 0.4) is 0 Å². The summed E-state index contributed by atoms with van der Waals surface area (Å²) in [7, 11) is 4.01. The van der Waals surface area contributed by atoms with Gasteiger partial charge in [-0.1, -0.05) is 0 Å². The molecule has 0 spiro atoms. The lowest BCUT2D eigenvalue weighted by Crippen LogP contribution is -2.46. The summed E-state index contributed by atoms with van der Waals surface area (Å²) in [5, 5.41) is 0. The molecule has 1 heterocycles. The summed E-state index contributed by atoms with van der Waals surface area (Å²) in [6.45, 7) is 4.53. The fraction of sp³-hybridized carbons (Fsp3) is 1.00. The first-order chi connectivity index (χ1) is 5.15. The summed E-state index contributed by atoms with van der Waals surface area (Å²) in [4.78, 5) is 2.43. The molecule has 11 heavy (non-hydrogen) atoms. The van der Waals surface area contributed by atoms with Crippen LogP contribution in [-0.2, 0) is 4.74 Å². The summed E-state index contributed by atoms with van der Waals surface area (Å²) in [5.74, 6) is 0. The molecule has 0 amide bonds. The lowest BCUT2D eigenvalue weighted by atomic mass is 9.96. The molecule has 1 aliphatic rings. The van der Waals surface area contributed by atoms with E-state index in [-0.39, 0.29) is 0 Å². The molecule has 0 bridgehead atoms. The van der Waals surface area contributed by atoms with E-state index in [4.69, 9.17) is 4.74 Å². The summed E-state index contributed by atoms with van der Waals surface area (Å²) in [5.41, 5.74) is 0. The molecule has 2 nitrogen and oxygen atoms in total. The lowest BCUT2D eigenvalue weighted by molar-refractivity contribution is 0.0000734. The second-order valence-corrected chi connectivity index (χ2v) is 3.69. The van der Waals surface area contributed by atoms with Crippen LogP contribution in [0.4, 0.5) is 0 Å². The fourth-order valence-corrected chi connectivity index (χ4v) is 1.82. The van der Waals surface area contributed by atoms with E-state index in [2.05, 4.69) is 25.8 Å². The Morgan fingerprint density at radius 1 is 1.18 bits per heavy atom. The Hall–Kier alpha value is -0.0800. The number of piperidine rings is 1. The zero-order valence-electron chi connectivity index (χ0n) is 8.00. The van der Waals surface area contributed by atoms with Crippen LogP contribution in [0.15, 0.2) is 0 Å². The van der Waals surface area contributed by atoms with Gasteiger partial charge in [0.25, 0.3) is 0 Å². The molecule has 0 aromatic heterocycles. The minimum absolute atomic E-state index is 0.483. The van der Waals surface area contributed by atoms with Gasteiger partial charge in [-0.25, -0.2) is 0 Å². The van der Waals surface area contributed by atoms with Gasteiger partial charge in [-0.3, -0.25) is 0 Å². The van der Waals surface area contributed by atoms with E-state index >= 15 is 0 Å². The van der Waals surface area contributed by atoms with Crippen molar-refractivity contribution >= 4 is 0 Å². The largest absolute Gasteiger partial charge is 0.381 e. The van der Waals surface area contributed by atoms with E-state index in [1.165, 1.54) is 12.8 Å². The van der Waals surface area contributed by atoms with Crippen molar-refractivity contribution in [2.24, 2.45) is 0 Å². The van der Waals surface area contributed by atoms with Crippen LogP contribution in [0.5, 0.6) is 0 Å². The SMILES string of the molecule is COC1CC(C)N(C)C(C)C1. The number of hydrogen-bond donors (Lipinski definition) is 0. The van der Waals surface area contributed by atoms with E-state index in [9.17, 15) is 0 Å². The minimum Gasteiger partial charge on any atom is -0.381 e. The van der Waals surface area contributed by atoms with Crippen LogP contribution in [0, 0.1) is 0 Å². The Bertz CT molecular complexity index is 115. The average molecular weight is 157 g/mol. The maximum absolute atomic E-state index is 5.35. The van der Waals surface area contributed by atoms with E-state index < -0.39 is 0 Å². The Kier molecular flexibility index (Phi) is 2.90. The van der Waals surface area contributed by atoms with Gasteiger partial charge >= 0.3 is 0 Å². The van der Waals surface area contributed by atoms with E-state index in [1.807, 2.05) is 7.11 Å². The summed E-state index contributed by atoms with van der Waals surface area (Å²) in [6.07, 6.45) is 2.84. The Balaban J connectivity index is 2.47. The third kappa shape index (κ3) is 1.94. The highest BCUT2D eigenvalue weighted by atomic mass is 16.5. The van der Waals surface area contributed by atoms with Crippen molar-refractivity contribution in [3.05, 3.63) is 0 Å². The molecule has 1 rings (SSSR count). The highest BCUT2D eigenvalue weighted by Crippen LogP contribution is 2.22. The highest BCUT2D eigenvalue weighted by molar-refractivity contribution is 4.82. The van der Waals surface area contributed by atoms with E-state index in [0.717, 1.165) is 0 Å². The Morgan fingerprint density at radius 3 is 2.00 bits per heavy atom. The topological polar surface area (TPSA) is 12.5 Å². The zero-order chi connectivity index (χ0) is 8.43. The summed E-state index contributed by atoms with van der Waals surface area (Å²) in [6, 6.07) is 1.34. The smallest absolute Gasteiger partial charge is 0.0601 e. The monoisotopic (exact) mass is 157 g/mol. The second-order valence-electron chi connectivity index (χ2n) is 3.69. The number of hydrogen-bond acceptors (Lipinski definition) is 2. The third-order valence-electron chi connectivity index (χ3n) is 2.93. The standard InChI is InChI=1S/C9H19NO/c1-7-5-9(11-4)6-8(2)10(7)3/h7-9H,5-6H2,1-4H3. The molecule has 1 aliphatic heterocycles. The molecule has 0 aromatic rings. The van der Waals surface area contributed by atoms with Crippen molar-refractivity contribution in [1.29, 1.82) is 0 Å². The van der Waals surface area contributed by atoms with Gasteiger partial charge in [0.2, 0.25) is 0 Å². The molecule has 2 unspecified atom stereocenters. The number of nitrogens with zero attached hydrogens (tertiary/aromatic N) is 1. The second kappa shape index (κ2) is 3.55. The lowest BCUT2D eigenvalue weighted by Gasteiger charge is -2.39. The van der Waals surface area contributed by atoms with E-state index in [1.54, 1.807) is 0 Å². The molecule has 2 atom stereocenters. The third-order valence-corrected chi connectivity index (χ3v) is 2.93. The van der Waals surface area contributed by atoms with Crippen LogP contribution in [0.1, 0.15) is 26.7 Å². The molecule has 0 aliphatic carbocycles. The first-order valence-corrected chi connectivity index (χ1v) is 4.40. The predicted molar refractivity (Wildman–Crippen MR) is 46.7 cm³/mol. The number of methoxy groups -OCH3 is 1. The molecule has 1 fully saturated rings. The molecular weight excluding hydrogens is 138 g/mol. The first kappa shape index (κ1) is 9.01. The van der Waals surface area contributed by atoms with Gasteiger partial charge in [-0.15, -0.1) is 0 Å². The van der Waals surface area contributed by atoms with Crippen LogP contribution >= 0.6 is 0 Å². The van der Waals surface area contributed by atoms with Gasteiger partial charge in [0.1, 0.15) is 0 Å². The zero-order valence-corrected chi connectivity index (χ0v) is 8.00. The van der Waals surface area contributed by atoms with Crippen LogP contribution in [-0.4, -0.2) is 37.2 Å². The van der Waals surface area contributed by atoms with Gasteiger partial charge < -0.3 is 9.64 Å². The molecular formula is C9H19NO. The number of likely N-dealkylation sites (tertiary alicyclic amines) is 1. The van der Waals surface area contributed by atoms with Gasteiger partial charge in [0, 0.05) is 19.2 Å². The number of ether oxygens (including phenoxy) is 1. The Labute approximate surface area is 69.5 Å². The molecule has 0 saturated carbocycles. The maximum Gasteiger partial charge on any atom is 0.0601 e. The Morgan fingerprint density at radius 2 is 1.64 bits per heavy atom. The predicted octanol–water partition coefficient (Wildman–Crippen LogP) is 1.50. The number of rotatable bonds is 1. The van der Waals surface area contributed by atoms with Crippen molar-refractivity contribution in [1.82, 2.24) is 4.90 Å². The molecule has 0 N–H and O–H groups in total. The molecule has 0 aromatic carbocycles. The maximum atomic E-state index is 5.35. The molecule has 66 valence electrons. The summed E-state index contributed by atoms with van der Waals surface area (Å²) < 4.78 is 5.35. The molecule has 1 saturated heterocycles. The van der Waals surface area contributed by atoms with Crippen molar-refractivity contribution in [3.63, 3.8) is 0 Å². The van der Waals surface area contributed by atoms with Gasteiger partial charge in [0.05, 0.1) is 6.10 Å². The van der Waals surface area contributed by atoms with Crippen molar-refractivity contribution < 1.29 is 4.74 Å². The quantitative estimate of drug-likeness (QED) is 0.572. The van der Waals surface area contributed by atoms with E-state index in [0.29, 0.717) is 18.2 Å². The summed E-state index contributed by atoms with van der Waals surface area (Å²) >= 11 is 0. The first-order valence-electron chi connectivity index (χ1n) is 4.40. The van der Waals surface area contributed by atoms with Crippen LogP contribution in [0.2, 0.25) is 0 Å². The van der Waals surface area contributed by atoms with Crippen molar-refractivity contribution in [2.75, 3.05) is 14.2 Å². The van der Waals surface area contributed by atoms with Gasteiger partial charge in [0.15, 0.2) is 0 Å². The van der Waals surface area contributed by atoms with Crippen molar-refractivity contribution in [2.45, 2.75) is 44.9 Å². The highest BCUT2D eigenvalue weighted by Gasteiger charge is 2.27. The fourth-order valence-electron chi connectivity index (χ4n) is 1.82. The average Bonchev–Trinajstić information content (AvgIpc) is 1.99. The van der Waals surface area contributed by atoms with Crippen LogP contribution in [0.25, 0.3) is 0 Å². The molecule has 2 heteroatoms. The normalized spacial score (nSPS) is 40.9. The molecule has 0 radical (unpaired) electrons. The van der Waals surface area contributed by atoms with Crippen LogP contribution < -0.4 is 0 Å². The van der Waals surface area contributed by atoms with Gasteiger partial charge in [-0.2, -0.15) is 0 Å². The van der Waals surface area contributed by atoms with Gasteiger partial charge in [-0.05, 0) is 33.7 Å². The minimum atomic E-state index is 0.483. The van der Waals surface area contributed by atoms with Crippen molar-refractivity contribution in [3.8, 4) is 0 Å².